The molecule has 7 heteroatoms. The van der Waals surface area contributed by atoms with Crippen LogP contribution in [-0.4, -0.2) is 40.7 Å². The Morgan fingerprint density at radius 2 is 1.59 bits per heavy atom. The van der Waals surface area contributed by atoms with Gasteiger partial charge in [0.1, 0.15) is 5.82 Å². The minimum Gasteiger partial charge on any atom is -0.395 e. The lowest BCUT2D eigenvalue weighted by molar-refractivity contribution is -0.113. The third-order valence-electron chi connectivity index (χ3n) is 4.70. The second kappa shape index (κ2) is 12.0. The van der Waals surface area contributed by atoms with Crippen molar-refractivity contribution in [3.05, 3.63) is 101 Å². The van der Waals surface area contributed by atoms with Gasteiger partial charge in [-0.3, -0.25) is 9.59 Å². The molecule has 166 valence electrons. The number of nitrogens with zero attached hydrogens (tertiary/aromatic N) is 1. The average Bonchev–Trinajstić information content (AvgIpc) is 2.81. The predicted molar refractivity (Wildman–Crippen MR) is 126 cm³/mol. The van der Waals surface area contributed by atoms with Gasteiger partial charge in [-0.1, -0.05) is 42.5 Å². The first-order valence-electron chi connectivity index (χ1n) is 10.2. The molecule has 2 amide bonds. The van der Waals surface area contributed by atoms with Crippen molar-refractivity contribution in [1.82, 2.24) is 4.90 Å². The lowest BCUT2D eigenvalue weighted by Crippen LogP contribution is -2.33. The van der Waals surface area contributed by atoms with E-state index in [1.807, 2.05) is 42.5 Å². The van der Waals surface area contributed by atoms with E-state index in [-0.39, 0.29) is 36.5 Å². The molecule has 0 heterocycles. The first-order valence-corrected chi connectivity index (χ1v) is 11.4. The van der Waals surface area contributed by atoms with Gasteiger partial charge in [-0.05, 0) is 47.5 Å². The summed E-state index contributed by atoms with van der Waals surface area (Å²) in [7, 11) is 0. The number of aliphatic hydroxyl groups is 1. The lowest BCUT2D eigenvalue weighted by Gasteiger charge is -2.22. The monoisotopic (exact) mass is 452 g/mol. The molecule has 3 aromatic carbocycles. The molecular weight excluding hydrogens is 427 g/mol. The van der Waals surface area contributed by atoms with Gasteiger partial charge in [0, 0.05) is 30.1 Å². The van der Waals surface area contributed by atoms with Crippen LogP contribution in [0.15, 0.2) is 78.9 Å². The van der Waals surface area contributed by atoms with Crippen LogP contribution in [0.3, 0.4) is 0 Å². The van der Waals surface area contributed by atoms with Crippen LogP contribution in [-0.2, 0) is 17.1 Å². The van der Waals surface area contributed by atoms with Gasteiger partial charge in [-0.25, -0.2) is 4.39 Å². The molecular formula is C25H25FN2O3S. The molecule has 0 atom stereocenters. The van der Waals surface area contributed by atoms with Crippen LogP contribution in [0.2, 0.25) is 0 Å². The maximum absolute atomic E-state index is 12.9. The predicted octanol–water partition coefficient (Wildman–Crippen LogP) is 4.33. The van der Waals surface area contributed by atoms with E-state index in [0.29, 0.717) is 23.5 Å². The summed E-state index contributed by atoms with van der Waals surface area (Å²) in [6.07, 6.45) is 0. The Kier molecular flexibility index (Phi) is 8.83. The number of amides is 2. The Morgan fingerprint density at radius 3 is 2.25 bits per heavy atom. The third kappa shape index (κ3) is 7.21. The Hall–Kier alpha value is -3.16. The number of carbonyl (C=O) groups is 2. The van der Waals surface area contributed by atoms with Gasteiger partial charge in [0.2, 0.25) is 5.91 Å². The molecule has 3 aromatic rings. The van der Waals surface area contributed by atoms with Gasteiger partial charge in [-0.15, -0.1) is 11.8 Å². The van der Waals surface area contributed by atoms with Gasteiger partial charge in [-0.2, -0.15) is 0 Å². The van der Waals surface area contributed by atoms with E-state index in [9.17, 15) is 19.1 Å². The summed E-state index contributed by atoms with van der Waals surface area (Å²) in [5, 5.41) is 12.1. The number of hydrogen-bond acceptors (Lipinski definition) is 4. The number of thioether (sulfide) groups is 1. The minimum atomic E-state index is -0.348. The van der Waals surface area contributed by atoms with Gasteiger partial charge in [0.15, 0.2) is 0 Å². The molecule has 3 rings (SSSR count). The molecule has 32 heavy (non-hydrogen) atoms. The van der Waals surface area contributed by atoms with Gasteiger partial charge in [0.25, 0.3) is 5.91 Å². The van der Waals surface area contributed by atoms with E-state index in [2.05, 4.69) is 5.32 Å². The summed E-state index contributed by atoms with van der Waals surface area (Å²) in [4.78, 5) is 26.5. The Balaban J connectivity index is 1.50. The standard InChI is InChI=1S/C25H25FN2O3S/c26-22-10-12-23(13-11-22)27-24(30)18-32-17-20-6-8-21(9-7-20)25(31)28(14-15-29)16-19-4-2-1-3-5-19/h1-13,29H,14-18H2,(H,27,30). The summed E-state index contributed by atoms with van der Waals surface area (Å²) in [6.45, 7) is 0.586. The highest BCUT2D eigenvalue weighted by molar-refractivity contribution is 7.99. The number of rotatable bonds is 10. The number of hydrogen-bond donors (Lipinski definition) is 2. The van der Waals surface area contributed by atoms with Crippen molar-refractivity contribution in [2.75, 3.05) is 24.2 Å². The number of aliphatic hydroxyl groups excluding tert-OH is 1. The van der Waals surface area contributed by atoms with Crippen molar-refractivity contribution in [3.63, 3.8) is 0 Å². The summed E-state index contributed by atoms with van der Waals surface area (Å²) < 4.78 is 12.9. The largest absolute Gasteiger partial charge is 0.395 e. The first-order chi connectivity index (χ1) is 15.5. The number of carbonyl (C=O) groups excluding carboxylic acids is 2. The summed E-state index contributed by atoms with van der Waals surface area (Å²) in [6, 6.07) is 22.6. The van der Waals surface area contributed by atoms with Gasteiger partial charge >= 0.3 is 0 Å². The number of anilines is 1. The first kappa shape index (κ1) is 23.5. The zero-order chi connectivity index (χ0) is 22.8. The minimum absolute atomic E-state index is 0.104. The van der Waals surface area contributed by atoms with Crippen LogP contribution in [0, 0.1) is 5.82 Å². The van der Waals surface area contributed by atoms with E-state index >= 15 is 0 Å². The third-order valence-corrected chi connectivity index (χ3v) is 5.71. The van der Waals surface area contributed by atoms with Crippen LogP contribution in [0.25, 0.3) is 0 Å². The molecule has 0 saturated heterocycles. The molecule has 5 nitrogen and oxygen atoms in total. The van der Waals surface area contributed by atoms with Crippen LogP contribution in [0.4, 0.5) is 10.1 Å². The van der Waals surface area contributed by atoms with E-state index in [0.717, 1.165) is 11.1 Å². The van der Waals surface area contributed by atoms with Crippen LogP contribution >= 0.6 is 11.8 Å². The molecule has 0 aliphatic carbocycles. The topological polar surface area (TPSA) is 69.6 Å². The molecule has 0 fully saturated rings. The van der Waals surface area contributed by atoms with E-state index in [1.54, 1.807) is 17.0 Å². The molecule has 0 aromatic heterocycles. The van der Waals surface area contributed by atoms with Crippen LogP contribution in [0.5, 0.6) is 0 Å². The summed E-state index contributed by atoms with van der Waals surface area (Å²) in [5.41, 5.74) is 3.11. The average molecular weight is 453 g/mol. The number of benzene rings is 3. The van der Waals surface area contributed by atoms with Crippen molar-refractivity contribution in [3.8, 4) is 0 Å². The second-order valence-corrected chi connectivity index (χ2v) is 8.17. The van der Waals surface area contributed by atoms with E-state index < -0.39 is 0 Å². The molecule has 0 bridgehead atoms. The molecule has 2 N–H and O–H groups in total. The molecule has 0 saturated carbocycles. The molecule has 0 unspecified atom stereocenters. The fourth-order valence-electron chi connectivity index (χ4n) is 3.09. The fraction of sp³-hybridized carbons (Fsp3) is 0.200. The van der Waals surface area contributed by atoms with Crippen molar-refractivity contribution < 1.29 is 19.1 Å². The van der Waals surface area contributed by atoms with Crippen LogP contribution in [0.1, 0.15) is 21.5 Å². The van der Waals surface area contributed by atoms with Gasteiger partial charge < -0.3 is 15.3 Å². The number of nitrogens with one attached hydrogen (secondary N) is 1. The normalized spacial score (nSPS) is 10.6. The molecule has 0 aliphatic heterocycles. The van der Waals surface area contributed by atoms with Crippen LogP contribution < -0.4 is 5.32 Å². The quantitative estimate of drug-likeness (QED) is 0.480. The highest BCUT2D eigenvalue weighted by Gasteiger charge is 2.16. The van der Waals surface area contributed by atoms with Crippen molar-refractivity contribution in [1.29, 1.82) is 0 Å². The summed E-state index contributed by atoms with van der Waals surface area (Å²) in [5.74, 6) is 0.239. The summed E-state index contributed by atoms with van der Waals surface area (Å²) >= 11 is 1.45. The van der Waals surface area contributed by atoms with E-state index in [1.165, 1.54) is 36.0 Å². The molecule has 0 radical (unpaired) electrons. The maximum Gasteiger partial charge on any atom is 0.254 e. The Morgan fingerprint density at radius 1 is 0.906 bits per heavy atom. The highest BCUT2D eigenvalue weighted by Crippen LogP contribution is 2.16. The lowest BCUT2D eigenvalue weighted by atomic mass is 10.1. The molecule has 0 aliphatic rings. The second-order valence-electron chi connectivity index (χ2n) is 7.18. The molecule has 0 spiro atoms. The Bertz CT molecular complexity index is 1010. The highest BCUT2D eigenvalue weighted by atomic mass is 32.2. The zero-order valence-corrected chi connectivity index (χ0v) is 18.4. The smallest absolute Gasteiger partial charge is 0.254 e. The number of halogens is 1. The maximum atomic E-state index is 12.9. The van der Waals surface area contributed by atoms with Crippen molar-refractivity contribution in [2.45, 2.75) is 12.3 Å². The van der Waals surface area contributed by atoms with Gasteiger partial charge in [0.05, 0.1) is 12.4 Å². The van der Waals surface area contributed by atoms with Crippen molar-refractivity contribution >= 4 is 29.3 Å². The Labute approximate surface area is 191 Å². The van der Waals surface area contributed by atoms with E-state index in [4.69, 9.17) is 0 Å². The van der Waals surface area contributed by atoms with Crippen molar-refractivity contribution in [2.24, 2.45) is 0 Å². The zero-order valence-electron chi connectivity index (χ0n) is 17.5. The SMILES string of the molecule is O=C(CSCc1ccc(C(=O)N(CCO)Cc2ccccc2)cc1)Nc1ccc(F)cc1. The fourth-order valence-corrected chi connectivity index (χ4v) is 3.88.